The number of non-ortho nitro benzene ring substituents is 1. The molecule has 138 valence electrons. The number of anilines is 1. The summed E-state index contributed by atoms with van der Waals surface area (Å²) < 4.78 is 25.8. The van der Waals surface area contributed by atoms with E-state index in [-0.39, 0.29) is 16.1 Å². The van der Waals surface area contributed by atoms with Gasteiger partial charge in [-0.3, -0.25) is 14.9 Å². The summed E-state index contributed by atoms with van der Waals surface area (Å²) in [5, 5.41) is 13.4. The topological polar surface area (TPSA) is 110 Å². The van der Waals surface area contributed by atoms with E-state index in [0.29, 0.717) is 11.3 Å². The maximum absolute atomic E-state index is 12.4. The van der Waals surface area contributed by atoms with Crippen LogP contribution in [0.1, 0.15) is 21.5 Å². The quantitative estimate of drug-likeness (QED) is 0.636. The lowest BCUT2D eigenvalue weighted by atomic mass is 10.1. The van der Waals surface area contributed by atoms with Gasteiger partial charge in [-0.05, 0) is 49.2 Å². The van der Waals surface area contributed by atoms with Crippen molar-refractivity contribution in [3.8, 4) is 0 Å². The molecule has 1 N–H and O–H groups in total. The van der Waals surface area contributed by atoms with Crippen LogP contribution in [0.15, 0.2) is 41.3 Å². The Morgan fingerprint density at radius 1 is 1.12 bits per heavy atom. The maximum Gasteiger partial charge on any atom is 0.269 e. The summed E-state index contributed by atoms with van der Waals surface area (Å²) in [4.78, 5) is 22.6. The lowest BCUT2D eigenvalue weighted by Crippen LogP contribution is -2.23. The molecule has 26 heavy (non-hydrogen) atoms. The first-order chi connectivity index (χ1) is 12.0. The van der Waals surface area contributed by atoms with Crippen LogP contribution in [0, 0.1) is 24.0 Å². The van der Waals surface area contributed by atoms with Crippen LogP contribution in [-0.2, 0) is 10.0 Å². The molecular weight excluding hydrogens is 358 g/mol. The Morgan fingerprint density at radius 2 is 1.69 bits per heavy atom. The summed E-state index contributed by atoms with van der Waals surface area (Å²) in [6.45, 7) is 3.53. The van der Waals surface area contributed by atoms with Crippen molar-refractivity contribution in [1.82, 2.24) is 4.31 Å². The molecule has 0 heterocycles. The van der Waals surface area contributed by atoms with Gasteiger partial charge in [-0.15, -0.1) is 0 Å². The second-order valence-corrected chi connectivity index (χ2v) is 8.11. The Balaban J connectivity index is 2.38. The number of benzene rings is 2. The molecule has 0 bridgehead atoms. The highest BCUT2D eigenvalue weighted by atomic mass is 32.2. The Hall–Kier alpha value is -2.78. The first kappa shape index (κ1) is 19.5. The average molecular weight is 377 g/mol. The van der Waals surface area contributed by atoms with E-state index in [1.54, 1.807) is 19.9 Å². The number of nitro benzene ring substituents is 1. The molecule has 0 saturated carbocycles. The molecule has 0 saturated heterocycles. The number of hydrogen-bond donors (Lipinski definition) is 1. The van der Waals surface area contributed by atoms with Gasteiger partial charge in [0, 0.05) is 37.5 Å². The van der Waals surface area contributed by atoms with E-state index in [0.717, 1.165) is 9.87 Å². The van der Waals surface area contributed by atoms with Crippen LogP contribution < -0.4 is 5.32 Å². The molecule has 0 aliphatic carbocycles. The van der Waals surface area contributed by atoms with Gasteiger partial charge in [-0.1, -0.05) is 0 Å². The van der Waals surface area contributed by atoms with Crippen molar-refractivity contribution in [2.24, 2.45) is 0 Å². The molecule has 0 aromatic heterocycles. The van der Waals surface area contributed by atoms with Gasteiger partial charge in [-0.2, -0.15) is 0 Å². The minimum absolute atomic E-state index is 0.0737. The van der Waals surface area contributed by atoms with Gasteiger partial charge in [0.2, 0.25) is 10.0 Å². The number of aryl methyl sites for hydroxylation is 1. The summed E-state index contributed by atoms with van der Waals surface area (Å²) >= 11 is 0. The molecular formula is C17H19N3O5S. The molecule has 2 rings (SSSR count). The van der Waals surface area contributed by atoms with Crippen LogP contribution in [0.25, 0.3) is 0 Å². The molecule has 2 aromatic carbocycles. The normalized spacial score (nSPS) is 11.4. The first-order valence-corrected chi connectivity index (χ1v) is 9.07. The minimum atomic E-state index is -3.65. The van der Waals surface area contributed by atoms with Crippen molar-refractivity contribution in [1.29, 1.82) is 0 Å². The molecule has 0 unspecified atom stereocenters. The maximum atomic E-state index is 12.4. The molecule has 1 amide bonds. The van der Waals surface area contributed by atoms with E-state index in [4.69, 9.17) is 0 Å². The monoisotopic (exact) mass is 377 g/mol. The van der Waals surface area contributed by atoms with Crippen molar-refractivity contribution < 1.29 is 18.1 Å². The van der Waals surface area contributed by atoms with Crippen molar-refractivity contribution in [2.45, 2.75) is 18.7 Å². The number of hydrogen-bond acceptors (Lipinski definition) is 5. The fourth-order valence-electron chi connectivity index (χ4n) is 2.24. The molecule has 8 nitrogen and oxygen atoms in total. The van der Waals surface area contributed by atoms with Gasteiger partial charge in [-0.25, -0.2) is 12.7 Å². The smallest absolute Gasteiger partial charge is 0.269 e. The predicted octanol–water partition coefficient (Wildman–Crippen LogP) is 2.71. The Kier molecular flexibility index (Phi) is 5.43. The third-order valence-corrected chi connectivity index (χ3v) is 5.80. The second kappa shape index (κ2) is 7.22. The lowest BCUT2D eigenvalue weighted by Gasteiger charge is -2.16. The lowest BCUT2D eigenvalue weighted by molar-refractivity contribution is -0.384. The number of nitrogens with one attached hydrogen (secondary N) is 1. The van der Waals surface area contributed by atoms with Crippen LogP contribution in [0.5, 0.6) is 0 Å². The Labute approximate surface area is 151 Å². The average Bonchev–Trinajstić information content (AvgIpc) is 2.58. The van der Waals surface area contributed by atoms with Crippen molar-refractivity contribution in [3.05, 3.63) is 63.2 Å². The van der Waals surface area contributed by atoms with Gasteiger partial charge < -0.3 is 5.32 Å². The van der Waals surface area contributed by atoms with E-state index < -0.39 is 20.9 Å². The van der Waals surface area contributed by atoms with Crippen LogP contribution in [0.4, 0.5) is 11.4 Å². The highest BCUT2D eigenvalue weighted by Gasteiger charge is 2.20. The third kappa shape index (κ3) is 3.89. The van der Waals surface area contributed by atoms with Gasteiger partial charge in [0.05, 0.1) is 9.82 Å². The summed E-state index contributed by atoms with van der Waals surface area (Å²) in [7, 11) is -0.787. The Bertz CT molecular complexity index is 967. The van der Waals surface area contributed by atoms with E-state index >= 15 is 0 Å². The number of nitrogens with zero attached hydrogens (tertiary/aromatic N) is 2. The van der Waals surface area contributed by atoms with Crippen LogP contribution >= 0.6 is 0 Å². The summed E-state index contributed by atoms with van der Waals surface area (Å²) in [6.07, 6.45) is 0. The van der Waals surface area contributed by atoms with Crippen LogP contribution in [-0.4, -0.2) is 37.6 Å². The standard InChI is InChI=1S/C17H19N3O5S/c1-11-9-15(26(24,25)19(3)4)10-16(12(11)2)18-17(21)13-5-7-14(8-6-13)20(22)23/h5-10H,1-4H3,(H,18,21). The number of amides is 1. The number of sulfonamides is 1. The van der Waals surface area contributed by atoms with Crippen LogP contribution in [0.3, 0.4) is 0 Å². The molecule has 0 aliphatic heterocycles. The van der Waals surface area contributed by atoms with Gasteiger partial charge in [0.25, 0.3) is 11.6 Å². The zero-order valence-corrected chi connectivity index (χ0v) is 15.6. The van der Waals surface area contributed by atoms with Gasteiger partial charge in [0.1, 0.15) is 0 Å². The predicted molar refractivity (Wildman–Crippen MR) is 97.8 cm³/mol. The molecule has 0 aliphatic rings. The fourth-order valence-corrected chi connectivity index (χ4v) is 3.26. The molecule has 9 heteroatoms. The summed E-state index contributed by atoms with van der Waals surface area (Å²) in [5.41, 5.74) is 1.93. The van der Waals surface area contributed by atoms with Gasteiger partial charge in [0.15, 0.2) is 0 Å². The van der Waals surface area contributed by atoms with E-state index in [2.05, 4.69) is 5.32 Å². The molecule has 0 spiro atoms. The number of carbonyl (C=O) groups excluding carboxylic acids is 1. The second-order valence-electron chi connectivity index (χ2n) is 5.96. The SMILES string of the molecule is Cc1cc(S(=O)(=O)N(C)C)cc(NC(=O)c2ccc([N+](=O)[O-])cc2)c1C. The van der Waals surface area contributed by atoms with Crippen molar-refractivity contribution >= 4 is 27.3 Å². The van der Waals surface area contributed by atoms with Crippen molar-refractivity contribution in [3.63, 3.8) is 0 Å². The highest BCUT2D eigenvalue weighted by Crippen LogP contribution is 2.26. The number of rotatable bonds is 5. The molecule has 2 aromatic rings. The minimum Gasteiger partial charge on any atom is -0.322 e. The van der Waals surface area contributed by atoms with E-state index in [1.807, 2.05) is 0 Å². The zero-order valence-electron chi connectivity index (χ0n) is 14.8. The largest absolute Gasteiger partial charge is 0.322 e. The highest BCUT2D eigenvalue weighted by molar-refractivity contribution is 7.89. The third-order valence-electron chi connectivity index (χ3n) is 4.01. The molecule has 0 fully saturated rings. The summed E-state index contributed by atoms with van der Waals surface area (Å²) in [6, 6.07) is 8.11. The number of nitro groups is 1. The molecule has 0 atom stereocenters. The van der Waals surface area contributed by atoms with Gasteiger partial charge >= 0.3 is 0 Å². The van der Waals surface area contributed by atoms with Crippen LogP contribution in [0.2, 0.25) is 0 Å². The first-order valence-electron chi connectivity index (χ1n) is 7.63. The Morgan fingerprint density at radius 3 is 2.19 bits per heavy atom. The van der Waals surface area contributed by atoms with Crippen molar-refractivity contribution in [2.75, 3.05) is 19.4 Å². The fraction of sp³-hybridized carbons (Fsp3) is 0.235. The molecule has 0 radical (unpaired) electrons. The number of carbonyl (C=O) groups is 1. The van der Waals surface area contributed by atoms with E-state index in [9.17, 15) is 23.3 Å². The summed E-state index contributed by atoms with van der Waals surface area (Å²) in [5.74, 6) is -0.484. The zero-order chi connectivity index (χ0) is 19.6. The van der Waals surface area contributed by atoms with E-state index in [1.165, 1.54) is 44.4 Å².